The van der Waals surface area contributed by atoms with E-state index >= 15 is 0 Å². The van der Waals surface area contributed by atoms with Crippen LogP contribution in [-0.4, -0.2) is 67.6 Å². The zero-order valence-electron chi connectivity index (χ0n) is 18.0. The molecule has 3 amide bonds. The van der Waals surface area contributed by atoms with E-state index in [1.54, 1.807) is 12.1 Å². The number of carbonyl (C=O) groups excluding carboxylic acids is 3. The van der Waals surface area contributed by atoms with Crippen LogP contribution in [0.3, 0.4) is 0 Å². The number of nitrogens with zero attached hydrogens (tertiary/aromatic N) is 1. The molecule has 4 bridgehead atoms. The molecular formula is C23H31N3O5. The van der Waals surface area contributed by atoms with Crippen LogP contribution in [0.5, 0.6) is 5.75 Å². The first kappa shape index (κ1) is 21.6. The number of aryl methyl sites for hydroxylation is 1. The summed E-state index contributed by atoms with van der Waals surface area (Å²) >= 11 is 0. The Hall–Kier alpha value is -2.61. The molecule has 8 nitrogen and oxygen atoms in total. The fraction of sp³-hybridized carbons (Fsp3) is 0.609. The van der Waals surface area contributed by atoms with Gasteiger partial charge in [-0.25, -0.2) is 0 Å². The largest absolute Gasteiger partial charge is 0.491 e. The molecule has 0 unspecified atom stereocenters. The molecule has 2 N–H and O–H groups in total. The summed E-state index contributed by atoms with van der Waals surface area (Å²) in [6, 6.07) is 5.11. The van der Waals surface area contributed by atoms with Crippen LogP contribution in [0.25, 0.3) is 0 Å². The van der Waals surface area contributed by atoms with E-state index in [9.17, 15) is 14.4 Å². The molecule has 3 aliphatic heterocycles. The number of carbonyl (C=O) groups is 3. The molecule has 0 aromatic heterocycles. The summed E-state index contributed by atoms with van der Waals surface area (Å²) in [6.07, 6.45) is 3.21. The van der Waals surface area contributed by atoms with Gasteiger partial charge in [0.05, 0.1) is 6.54 Å². The predicted molar refractivity (Wildman–Crippen MR) is 114 cm³/mol. The lowest BCUT2D eigenvalue weighted by molar-refractivity contribution is -0.142. The van der Waals surface area contributed by atoms with Crippen LogP contribution in [0, 0.1) is 12.8 Å². The number of fused-ring (bicyclic) bond motifs is 4. The van der Waals surface area contributed by atoms with Gasteiger partial charge in [-0.2, -0.15) is 0 Å². The van der Waals surface area contributed by atoms with E-state index in [2.05, 4.69) is 10.6 Å². The van der Waals surface area contributed by atoms with Gasteiger partial charge in [0.15, 0.2) is 0 Å². The van der Waals surface area contributed by atoms with Crippen molar-refractivity contribution in [3.63, 3.8) is 0 Å². The van der Waals surface area contributed by atoms with Crippen LogP contribution in [0.1, 0.15) is 48.0 Å². The number of benzene rings is 1. The molecule has 1 aromatic rings. The quantitative estimate of drug-likeness (QED) is 0.704. The highest BCUT2D eigenvalue weighted by molar-refractivity contribution is 5.94. The first-order valence-corrected chi connectivity index (χ1v) is 11.2. The van der Waals surface area contributed by atoms with Crippen molar-refractivity contribution in [1.29, 1.82) is 0 Å². The SMILES string of the molecule is Cc1ccc2cc1OCCNC(=O)C[C@@H]1CC[C@H](CNC2=O)N1C(=O)C1CCOCC1. The van der Waals surface area contributed by atoms with Crippen molar-refractivity contribution >= 4 is 17.7 Å². The molecule has 2 atom stereocenters. The van der Waals surface area contributed by atoms with Crippen molar-refractivity contribution in [1.82, 2.24) is 15.5 Å². The van der Waals surface area contributed by atoms with Gasteiger partial charge < -0.3 is 25.0 Å². The van der Waals surface area contributed by atoms with Gasteiger partial charge in [-0.05, 0) is 50.3 Å². The zero-order chi connectivity index (χ0) is 21.8. The minimum absolute atomic E-state index is 0.0780. The predicted octanol–water partition coefficient (Wildman–Crippen LogP) is 1.41. The highest BCUT2D eigenvalue weighted by Gasteiger charge is 2.40. The number of amides is 3. The second kappa shape index (κ2) is 9.68. The number of nitrogens with one attached hydrogen (secondary N) is 2. The lowest BCUT2D eigenvalue weighted by atomic mass is 9.97. The van der Waals surface area contributed by atoms with E-state index in [1.165, 1.54) is 0 Å². The Morgan fingerprint density at radius 3 is 2.61 bits per heavy atom. The van der Waals surface area contributed by atoms with E-state index in [1.807, 2.05) is 17.9 Å². The van der Waals surface area contributed by atoms with Gasteiger partial charge in [-0.1, -0.05) is 6.07 Å². The summed E-state index contributed by atoms with van der Waals surface area (Å²) in [6.45, 7) is 4.16. The van der Waals surface area contributed by atoms with Gasteiger partial charge in [0.1, 0.15) is 12.4 Å². The van der Waals surface area contributed by atoms with Gasteiger partial charge >= 0.3 is 0 Å². The molecule has 168 valence electrons. The second-order valence-electron chi connectivity index (χ2n) is 8.61. The first-order chi connectivity index (χ1) is 15.0. The number of hydrogen-bond donors (Lipinski definition) is 2. The van der Waals surface area contributed by atoms with Crippen LogP contribution in [-0.2, 0) is 14.3 Å². The number of ether oxygens (including phenoxy) is 2. The summed E-state index contributed by atoms with van der Waals surface area (Å²) in [5.41, 5.74) is 1.45. The lowest BCUT2D eigenvalue weighted by Gasteiger charge is -2.34. The van der Waals surface area contributed by atoms with Gasteiger partial charge in [0.25, 0.3) is 5.91 Å². The van der Waals surface area contributed by atoms with Crippen molar-refractivity contribution in [2.24, 2.45) is 5.92 Å². The molecule has 1 aromatic carbocycles. The van der Waals surface area contributed by atoms with Gasteiger partial charge in [0.2, 0.25) is 11.8 Å². The standard InChI is InChI=1S/C23H31N3O5/c1-15-2-3-17-12-20(15)31-11-8-24-21(27)13-18-4-5-19(14-25-22(17)28)26(18)23(29)16-6-9-30-10-7-16/h2-3,12,16,18-19H,4-11,13-14H2,1H3,(H,24,27)(H,25,28)/t18-,19+/m0/s1. The fourth-order valence-electron chi connectivity index (χ4n) is 4.72. The highest BCUT2D eigenvalue weighted by atomic mass is 16.5. The summed E-state index contributed by atoms with van der Waals surface area (Å²) in [7, 11) is 0. The Labute approximate surface area is 182 Å². The topological polar surface area (TPSA) is 97.0 Å². The molecule has 0 aliphatic carbocycles. The maximum Gasteiger partial charge on any atom is 0.251 e. The molecule has 2 saturated heterocycles. The van der Waals surface area contributed by atoms with Crippen LogP contribution in [0.4, 0.5) is 0 Å². The fourth-order valence-corrected chi connectivity index (χ4v) is 4.72. The summed E-state index contributed by atoms with van der Waals surface area (Å²) in [4.78, 5) is 40.6. The molecule has 0 saturated carbocycles. The third kappa shape index (κ3) is 5.01. The summed E-state index contributed by atoms with van der Waals surface area (Å²) < 4.78 is 11.2. The first-order valence-electron chi connectivity index (χ1n) is 11.2. The van der Waals surface area contributed by atoms with E-state index < -0.39 is 0 Å². The van der Waals surface area contributed by atoms with E-state index in [-0.39, 0.29) is 42.1 Å². The Balaban J connectivity index is 1.55. The molecule has 4 rings (SSSR count). The Bertz CT molecular complexity index is 837. The maximum atomic E-state index is 13.4. The highest BCUT2D eigenvalue weighted by Crippen LogP contribution is 2.30. The van der Waals surface area contributed by atoms with Crippen LogP contribution in [0.2, 0.25) is 0 Å². The smallest absolute Gasteiger partial charge is 0.251 e. The van der Waals surface area contributed by atoms with Crippen molar-refractivity contribution in [3.8, 4) is 5.75 Å². The van der Waals surface area contributed by atoms with Gasteiger partial charge in [-0.15, -0.1) is 0 Å². The monoisotopic (exact) mass is 429 g/mol. The molecule has 3 heterocycles. The van der Waals surface area contributed by atoms with Crippen LogP contribution in [0.15, 0.2) is 18.2 Å². The molecule has 8 heteroatoms. The average molecular weight is 430 g/mol. The van der Waals surface area contributed by atoms with Crippen molar-refractivity contribution in [2.45, 2.75) is 51.1 Å². The number of rotatable bonds is 1. The molecular weight excluding hydrogens is 398 g/mol. The number of hydrogen-bond acceptors (Lipinski definition) is 5. The van der Waals surface area contributed by atoms with Gasteiger partial charge in [-0.3, -0.25) is 14.4 Å². The molecule has 0 radical (unpaired) electrons. The molecule has 0 spiro atoms. The average Bonchev–Trinajstić information content (AvgIpc) is 3.17. The summed E-state index contributed by atoms with van der Waals surface area (Å²) in [5, 5.41) is 5.90. The van der Waals surface area contributed by atoms with Crippen LogP contribution < -0.4 is 15.4 Å². The van der Waals surface area contributed by atoms with Crippen molar-refractivity contribution < 1.29 is 23.9 Å². The molecule has 2 fully saturated rings. The molecule has 31 heavy (non-hydrogen) atoms. The Kier molecular flexibility index (Phi) is 6.75. The van der Waals surface area contributed by atoms with E-state index in [0.29, 0.717) is 57.1 Å². The third-order valence-corrected chi connectivity index (χ3v) is 6.50. The third-order valence-electron chi connectivity index (χ3n) is 6.50. The maximum absolute atomic E-state index is 13.4. The van der Waals surface area contributed by atoms with Crippen molar-refractivity contribution in [2.75, 3.05) is 32.9 Å². The minimum atomic E-state index is -0.184. The Morgan fingerprint density at radius 1 is 1.03 bits per heavy atom. The normalized spacial score (nSPS) is 25.6. The Morgan fingerprint density at radius 2 is 1.81 bits per heavy atom. The second-order valence-corrected chi connectivity index (χ2v) is 8.61. The van der Waals surface area contributed by atoms with Crippen molar-refractivity contribution in [3.05, 3.63) is 29.3 Å². The van der Waals surface area contributed by atoms with Crippen LogP contribution >= 0.6 is 0 Å². The minimum Gasteiger partial charge on any atom is -0.491 e. The van der Waals surface area contributed by atoms with E-state index in [4.69, 9.17) is 9.47 Å². The van der Waals surface area contributed by atoms with E-state index in [0.717, 1.165) is 18.4 Å². The summed E-state index contributed by atoms with van der Waals surface area (Å²) in [5.74, 6) is 0.378. The molecule has 3 aliphatic rings. The van der Waals surface area contributed by atoms with Gasteiger partial charge in [0, 0.05) is 49.7 Å². The zero-order valence-corrected chi connectivity index (χ0v) is 18.0. The lowest BCUT2D eigenvalue weighted by Crippen LogP contribution is -2.50.